The molecule has 1 amide bonds. The number of amides is 1. The Morgan fingerprint density at radius 2 is 1.51 bits per heavy atom. The van der Waals surface area contributed by atoms with E-state index in [-0.39, 0.29) is 12.5 Å². The molecule has 35 heavy (non-hydrogen) atoms. The molecule has 3 rings (SSSR count). The van der Waals surface area contributed by atoms with Crippen molar-refractivity contribution in [3.63, 3.8) is 0 Å². The van der Waals surface area contributed by atoms with Gasteiger partial charge in [0.1, 0.15) is 0 Å². The molecule has 0 radical (unpaired) electrons. The van der Waals surface area contributed by atoms with Crippen molar-refractivity contribution in [2.24, 2.45) is 0 Å². The van der Waals surface area contributed by atoms with E-state index in [1.165, 1.54) is 10.6 Å². The minimum absolute atomic E-state index is 0.178. The number of hydrogen-bond donors (Lipinski definition) is 1. The summed E-state index contributed by atoms with van der Waals surface area (Å²) in [6.45, 7) is 4.49. The summed E-state index contributed by atoms with van der Waals surface area (Å²) in [6, 6.07) is 18.1. The first-order chi connectivity index (χ1) is 16.6. The molecule has 0 spiro atoms. The molecule has 1 N–H and O–H groups in total. The van der Waals surface area contributed by atoms with Crippen molar-refractivity contribution < 1.29 is 13.2 Å². The summed E-state index contributed by atoms with van der Waals surface area (Å²) < 4.78 is 26.5. The lowest BCUT2D eigenvalue weighted by Gasteiger charge is -2.26. The Morgan fingerprint density at radius 1 is 0.943 bits per heavy atom. The average Bonchev–Trinajstić information content (AvgIpc) is 2.79. The van der Waals surface area contributed by atoms with Crippen LogP contribution in [0.1, 0.15) is 32.6 Å². The van der Waals surface area contributed by atoms with Gasteiger partial charge in [-0.15, -0.1) is 0 Å². The number of nitrogens with zero attached hydrogens (tertiary/aromatic N) is 1. The van der Waals surface area contributed by atoms with Gasteiger partial charge in [0.15, 0.2) is 0 Å². The highest BCUT2D eigenvalue weighted by molar-refractivity contribution is 7.98. The van der Waals surface area contributed by atoms with E-state index in [9.17, 15) is 13.2 Å². The first-order valence-electron chi connectivity index (χ1n) is 11.0. The molecule has 3 aromatic carbocycles. The largest absolute Gasteiger partial charge is 0.351 e. The van der Waals surface area contributed by atoms with Gasteiger partial charge >= 0.3 is 0 Å². The van der Waals surface area contributed by atoms with E-state index < -0.39 is 10.0 Å². The standard InChI is InChI=1S/C26H28Cl2N2O3S2/c1-18-6-4-7-19(2)25(18)30(35(3,32)33)16-20-10-12-21(13-11-20)26(31)29-14-15-34-17-22-23(27)8-5-9-24(22)28/h4-13H,14-17H2,1-3H3,(H,29,31). The van der Waals surface area contributed by atoms with Gasteiger partial charge in [-0.05, 0) is 60.4 Å². The topological polar surface area (TPSA) is 66.5 Å². The van der Waals surface area contributed by atoms with E-state index in [0.717, 1.165) is 22.3 Å². The number of aryl methyl sites for hydroxylation is 2. The molecule has 9 heteroatoms. The summed E-state index contributed by atoms with van der Waals surface area (Å²) in [6.07, 6.45) is 1.21. The number of hydrogen-bond acceptors (Lipinski definition) is 4. The predicted octanol–water partition coefficient (Wildman–Crippen LogP) is 6.24. The van der Waals surface area contributed by atoms with Gasteiger partial charge in [0.05, 0.1) is 18.5 Å². The molecule has 0 fully saturated rings. The Bertz CT molecular complexity index is 1260. The number of carbonyl (C=O) groups excluding carboxylic acids is 1. The first kappa shape index (κ1) is 27.4. The smallest absolute Gasteiger partial charge is 0.251 e. The summed E-state index contributed by atoms with van der Waals surface area (Å²) in [4.78, 5) is 12.5. The van der Waals surface area contributed by atoms with Crippen molar-refractivity contribution in [3.8, 4) is 0 Å². The Morgan fingerprint density at radius 3 is 2.09 bits per heavy atom. The van der Waals surface area contributed by atoms with Gasteiger partial charge in [0.25, 0.3) is 5.91 Å². The molecule has 0 heterocycles. The number of carbonyl (C=O) groups is 1. The molecule has 0 aromatic heterocycles. The minimum atomic E-state index is -3.50. The number of benzene rings is 3. The average molecular weight is 552 g/mol. The van der Waals surface area contributed by atoms with Gasteiger partial charge in [-0.2, -0.15) is 11.8 Å². The maximum Gasteiger partial charge on any atom is 0.251 e. The minimum Gasteiger partial charge on any atom is -0.351 e. The zero-order valence-electron chi connectivity index (χ0n) is 19.8. The lowest BCUT2D eigenvalue weighted by molar-refractivity contribution is 0.0956. The van der Waals surface area contributed by atoms with E-state index in [2.05, 4.69) is 5.32 Å². The normalized spacial score (nSPS) is 11.3. The third kappa shape index (κ3) is 7.40. The van der Waals surface area contributed by atoms with Crippen LogP contribution in [0, 0.1) is 13.8 Å². The van der Waals surface area contributed by atoms with Crippen molar-refractivity contribution in [2.75, 3.05) is 22.9 Å². The van der Waals surface area contributed by atoms with Gasteiger partial charge in [-0.3, -0.25) is 9.10 Å². The molecule has 0 aliphatic heterocycles. The molecular formula is C26H28Cl2N2O3S2. The molecule has 0 saturated heterocycles. The highest BCUT2D eigenvalue weighted by Crippen LogP contribution is 2.29. The van der Waals surface area contributed by atoms with Crippen molar-refractivity contribution in [1.29, 1.82) is 0 Å². The van der Waals surface area contributed by atoms with Crippen LogP contribution in [0.3, 0.4) is 0 Å². The molecule has 0 aliphatic carbocycles. The van der Waals surface area contributed by atoms with E-state index in [1.54, 1.807) is 36.0 Å². The molecule has 0 aliphatic rings. The monoisotopic (exact) mass is 550 g/mol. The van der Waals surface area contributed by atoms with Crippen LogP contribution in [0.2, 0.25) is 10.0 Å². The fraction of sp³-hybridized carbons (Fsp3) is 0.269. The van der Waals surface area contributed by atoms with Crippen molar-refractivity contribution in [2.45, 2.75) is 26.1 Å². The van der Waals surface area contributed by atoms with Crippen LogP contribution in [-0.4, -0.2) is 32.9 Å². The lowest BCUT2D eigenvalue weighted by atomic mass is 10.1. The van der Waals surface area contributed by atoms with E-state index in [0.29, 0.717) is 39.3 Å². The summed E-state index contributed by atoms with van der Waals surface area (Å²) in [5.74, 6) is 1.20. The summed E-state index contributed by atoms with van der Waals surface area (Å²) in [7, 11) is -3.50. The molecule has 0 bridgehead atoms. The van der Waals surface area contributed by atoms with Crippen LogP contribution in [0.4, 0.5) is 5.69 Å². The van der Waals surface area contributed by atoms with Gasteiger partial charge in [-0.1, -0.05) is 59.6 Å². The van der Waals surface area contributed by atoms with Crippen LogP contribution in [0.25, 0.3) is 0 Å². The second-order valence-electron chi connectivity index (χ2n) is 8.22. The third-order valence-electron chi connectivity index (χ3n) is 5.47. The predicted molar refractivity (Wildman–Crippen MR) is 148 cm³/mol. The van der Waals surface area contributed by atoms with Crippen molar-refractivity contribution >= 4 is 56.6 Å². The Labute approximate surface area is 221 Å². The number of sulfonamides is 1. The zero-order valence-corrected chi connectivity index (χ0v) is 23.0. The number of para-hydroxylation sites is 1. The number of anilines is 1. The molecule has 3 aromatic rings. The second kappa shape index (κ2) is 12.2. The fourth-order valence-electron chi connectivity index (χ4n) is 3.67. The first-order valence-corrected chi connectivity index (χ1v) is 14.8. The van der Waals surface area contributed by atoms with E-state index >= 15 is 0 Å². The summed E-state index contributed by atoms with van der Waals surface area (Å²) in [5, 5.41) is 4.19. The zero-order chi connectivity index (χ0) is 25.6. The van der Waals surface area contributed by atoms with E-state index in [4.69, 9.17) is 23.2 Å². The number of halogens is 2. The van der Waals surface area contributed by atoms with Crippen molar-refractivity contribution in [1.82, 2.24) is 5.32 Å². The highest BCUT2D eigenvalue weighted by atomic mass is 35.5. The Kier molecular flexibility index (Phi) is 9.53. The SMILES string of the molecule is Cc1cccc(C)c1N(Cc1ccc(C(=O)NCCSCc2c(Cl)cccc2Cl)cc1)S(C)(=O)=O. The fourth-order valence-corrected chi connectivity index (χ4v) is 6.27. The lowest BCUT2D eigenvalue weighted by Crippen LogP contribution is -2.30. The molecule has 0 atom stereocenters. The van der Waals surface area contributed by atoms with Crippen LogP contribution in [0.15, 0.2) is 60.7 Å². The quantitative estimate of drug-likeness (QED) is 0.303. The number of nitrogens with one attached hydrogen (secondary N) is 1. The summed E-state index contributed by atoms with van der Waals surface area (Å²) >= 11 is 14.0. The van der Waals surface area contributed by atoms with Gasteiger partial charge in [0, 0.05) is 33.7 Å². The summed E-state index contributed by atoms with van der Waals surface area (Å²) in [5.41, 5.74) is 4.68. The van der Waals surface area contributed by atoms with E-state index in [1.807, 2.05) is 50.2 Å². The van der Waals surface area contributed by atoms with Crippen LogP contribution < -0.4 is 9.62 Å². The van der Waals surface area contributed by atoms with Crippen LogP contribution in [-0.2, 0) is 22.3 Å². The maximum absolute atomic E-state index is 12.6. The van der Waals surface area contributed by atoms with Gasteiger partial charge in [-0.25, -0.2) is 8.42 Å². The second-order valence-corrected chi connectivity index (χ2v) is 12.0. The number of rotatable bonds is 10. The van der Waals surface area contributed by atoms with Gasteiger partial charge < -0.3 is 5.32 Å². The molecule has 0 unspecified atom stereocenters. The van der Waals surface area contributed by atoms with Crippen molar-refractivity contribution in [3.05, 3.63) is 98.5 Å². The van der Waals surface area contributed by atoms with Crippen LogP contribution >= 0.6 is 35.0 Å². The van der Waals surface area contributed by atoms with Gasteiger partial charge in [0.2, 0.25) is 10.0 Å². The molecule has 0 saturated carbocycles. The number of thioether (sulfide) groups is 1. The Balaban J connectivity index is 1.57. The molecule has 186 valence electrons. The maximum atomic E-state index is 12.6. The molecular weight excluding hydrogens is 523 g/mol. The third-order valence-corrected chi connectivity index (χ3v) is 8.28. The highest BCUT2D eigenvalue weighted by Gasteiger charge is 2.21. The Hall–Kier alpha value is -2.19. The molecule has 5 nitrogen and oxygen atoms in total. The van der Waals surface area contributed by atoms with Crippen LogP contribution in [0.5, 0.6) is 0 Å².